The molecule has 0 spiro atoms. The third kappa shape index (κ3) is 4.13. The number of H-pyrrole nitrogens is 1. The van der Waals surface area contributed by atoms with Crippen LogP contribution >= 0.6 is 0 Å². The average Bonchev–Trinajstić information content (AvgIpc) is 3.10. The molecular formula is C23H26N2O4S. The third-order valence-corrected chi connectivity index (χ3v) is 6.84. The van der Waals surface area contributed by atoms with E-state index in [0.29, 0.717) is 17.2 Å². The molecule has 1 aromatic heterocycles. The summed E-state index contributed by atoms with van der Waals surface area (Å²) in [4.78, 5) is 14.8. The zero-order chi connectivity index (χ0) is 21.3. The number of carbonyl (C=O) groups excluding carboxylic acids is 1. The molecule has 0 unspecified atom stereocenters. The number of esters is 1. The number of aromatic amines is 1. The van der Waals surface area contributed by atoms with E-state index < -0.39 is 16.0 Å². The van der Waals surface area contributed by atoms with Crippen molar-refractivity contribution in [1.29, 1.82) is 0 Å². The lowest BCUT2D eigenvalue weighted by molar-refractivity contribution is -0.142. The molecule has 0 saturated heterocycles. The number of aromatic nitrogens is 1. The average molecular weight is 427 g/mol. The number of fused-ring (bicyclic) bond motifs is 1. The first-order chi connectivity index (χ1) is 14.3. The molecule has 2 aromatic carbocycles. The number of rotatable bonds is 5. The lowest BCUT2D eigenvalue weighted by Crippen LogP contribution is -2.15. The van der Waals surface area contributed by atoms with Crippen molar-refractivity contribution in [2.24, 2.45) is 5.14 Å². The van der Waals surface area contributed by atoms with Crippen LogP contribution in [-0.2, 0) is 26.2 Å². The maximum atomic E-state index is 12.5. The number of carbonyl (C=O) groups is 1. The van der Waals surface area contributed by atoms with Crippen molar-refractivity contribution in [2.45, 2.75) is 56.4 Å². The molecule has 30 heavy (non-hydrogen) atoms. The number of ether oxygens (including phenoxy) is 1. The highest BCUT2D eigenvalue weighted by Crippen LogP contribution is 2.38. The Morgan fingerprint density at radius 1 is 1.13 bits per heavy atom. The topological polar surface area (TPSA) is 102 Å². The minimum Gasteiger partial charge on any atom is -0.461 e. The Kier molecular flexibility index (Phi) is 5.66. The highest BCUT2D eigenvalue weighted by atomic mass is 32.2. The number of para-hydroxylation sites is 1. The number of sulfonamides is 1. The van der Waals surface area contributed by atoms with Gasteiger partial charge in [-0.15, -0.1) is 0 Å². The Morgan fingerprint density at radius 3 is 2.57 bits per heavy atom. The fourth-order valence-corrected chi connectivity index (χ4v) is 5.20. The van der Waals surface area contributed by atoms with Crippen LogP contribution in [0, 0.1) is 0 Å². The van der Waals surface area contributed by atoms with E-state index in [1.807, 2.05) is 36.4 Å². The van der Waals surface area contributed by atoms with E-state index in [4.69, 9.17) is 9.88 Å². The fourth-order valence-electron chi connectivity index (χ4n) is 4.42. The molecule has 6 nitrogen and oxygen atoms in total. The van der Waals surface area contributed by atoms with E-state index in [9.17, 15) is 13.2 Å². The third-order valence-electron chi connectivity index (χ3n) is 5.89. The lowest BCUT2D eigenvalue weighted by atomic mass is 9.84. The van der Waals surface area contributed by atoms with Crippen molar-refractivity contribution in [3.63, 3.8) is 0 Å². The molecule has 1 saturated carbocycles. The Hall–Kier alpha value is -2.64. The van der Waals surface area contributed by atoms with E-state index in [1.54, 1.807) is 6.07 Å². The van der Waals surface area contributed by atoms with Gasteiger partial charge in [-0.05, 0) is 36.5 Å². The summed E-state index contributed by atoms with van der Waals surface area (Å²) in [5.41, 5.74) is 3.69. The SMILES string of the molecule is CC(=O)OCc1c(-c2ccc(C3CCCCC3)cc2S(N)(=O)=O)[nH]c2ccccc12. The van der Waals surface area contributed by atoms with Crippen molar-refractivity contribution in [3.8, 4) is 11.3 Å². The van der Waals surface area contributed by atoms with Gasteiger partial charge in [-0.1, -0.05) is 49.6 Å². The summed E-state index contributed by atoms with van der Waals surface area (Å²) in [5.74, 6) is -0.0397. The standard InChI is InChI=1S/C23H26N2O4S/c1-15(26)29-14-20-18-9-5-6-10-21(18)25-23(20)19-12-11-17(13-22(19)30(24,27)28)16-7-3-2-4-8-16/h5-6,9-13,16,25H,2-4,7-8,14H2,1H3,(H2,24,27,28). The van der Waals surface area contributed by atoms with E-state index in [1.165, 1.54) is 13.3 Å². The van der Waals surface area contributed by atoms with Crippen molar-refractivity contribution < 1.29 is 17.9 Å². The van der Waals surface area contributed by atoms with E-state index in [-0.39, 0.29) is 11.5 Å². The number of nitrogens with two attached hydrogens (primary N) is 1. The van der Waals surface area contributed by atoms with Crippen LogP contribution in [0.4, 0.5) is 0 Å². The molecule has 3 N–H and O–H groups in total. The first kappa shape index (κ1) is 20.6. The van der Waals surface area contributed by atoms with E-state index >= 15 is 0 Å². The molecular weight excluding hydrogens is 400 g/mol. The van der Waals surface area contributed by atoms with Crippen LogP contribution in [0.25, 0.3) is 22.2 Å². The number of primary sulfonamides is 1. The van der Waals surface area contributed by atoms with Gasteiger partial charge in [-0.25, -0.2) is 13.6 Å². The fraction of sp³-hybridized carbons (Fsp3) is 0.348. The summed E-state index contributed by atoms with van der Waals surface area (Å²) in [6.45, 7) is 1.40. The Bertz CT molecular complexity index is 1190. The number of nitrogens with one attached hydrogen (secondary N) is 1. The van der Waals surface area contributed by atoms with Gasteiger partial charge in [-0.2, -0.15) is 0 Å². The second kappa shape index (κ2) is 8.24. The quantitative estimate of drug-likeness (QED) is 0.582. The highest BCUT2D eigenvalue weighted by Gasteiger charge is 2.24. The normalized spacial score (nSPS) is 15.4. The largest absolute Gasteiger partial charge is 0.461 e. The summed E-state index contributed by atoms with van der Waals surface area (Å²) in [6, 6.07) is 13.2. The number of hydrogen-bond acceptors (Lipinski definition) is 4. The molecule has 0 atom stereocenters. The van der Waals surface area contributed by atoms with Gasteiger partial charge in [0.1, 0.15) is 6.61 Å². The minimum atomic E-state index is -3.96. The van der Waals surface area contributed by atoms with Gasteiger partial charge in [-0.3, -0.25) is 4.79 Å². The van der Waals surface area contributed by atoms with Crippen molar-refractivity contribution >= 4 is 26.9 Å². The second-order valence-electron chi connectivity index (χ2n) is 7.94. The zero-order valence-corrected chi connectivity index (χ0v) is 17.8. The van der Waals surface area contributed by atoms with Gasteiger partial charge >= 0.3 is 5.97 Å². The predicted octanol–water partition coefficient (Wildman–Crippen LogP) is 4.59. The molecule has 7 heteroatoms. The maximum Gasteiger partial charge on any atom is 0.302 e. The molecule has 158 valence electrons. The van der Waals surface area contributed by atoms with Gasteiger partial charge in [0.25, 0.3) is 0 Å². The molecule has 4 rings (SSSR count). The van der Waals surface area contributed by atoms with Crippen molar-refractivity contribution in [1.82, 2.24) is 4.98 Å². The summed E-state index contributed by atoms with van der Waals surface area (Å²) >= 11 is 0. The Morgan fingerprint density at radius 2 is 1.87 bits per heavy atom. The van der Waals surface area contributed by atoms with Crippen LogP contribution < -0.4 is 5.14 Å². The summed E-state index contributed by atoms with van der Waals surface area (Å²) in [6.07, 6.45) is 5.67. The lowest BCUT2D eigenvalue weighted by Gasteiger charge is -2.23. The first-order valence-corrected chi connectivity index (χ1v) is 11.8. The predicted molar refractivity (Wildman–Crippen MR) is 116 cm³/mol. The monoisotopic (exact) mass is 426 g/mol. The maximum absolute atomic E-state index is 12.5. The molecule has 1 fully saturated rings. The van der Waals surface area contributed by atoms with Crippen LogP contribution in [0.1, 0.15) is 56.1 Å². The molecule has 3 aromatic rings. The highest BCUT2D eigenvalue weighted by molar-refractivity contribution is 7.89. The number of hydrogen-bond donors (Lipinski definition) is 2. The van der Waals surface area contributed by atoms with E-state index in [0.717, 1.165) is 47.7 Å². The van der Waals surface area contributed by atoms with Gasteiger partial charge in [0, 0.05) is 29.0 Å². The van der Waals surface area contributed by atoms with Gasteiger partial charge < -0.3 is 9.72 Å². The van der Waals surface area contributed by atoms with Gasteiger partial charge in [0.2, 0.25) is 10.0 Å². The summed E-state index contributed by atoms with van der Waals surface area (Å²) in [7, 11) is -3.96. The van der Waals surface area contributed by atoms with E-state index in [2.05, 4.69) is 4.98 Å². The molecule has 0 aliphatic heterocycles. The molecule has 1 heterocycles. The van der Waals surface area contributed by atoms with Crippen molar-refractivity contribution in [2.75, 3.05) is 0 Å². The second-order valence-corrected chi connectivity index (χ2v) is 9.47. The number of benzene rings is 2. The van der Waals surface area contributed by atoms with Crippen LogP contribution in [0.5, 0.6) is 0 Å². The van der Waals surface area contributed by atoms with Crippen LogP contribution in [-0.4, -0.2) is 19.4 Å². The smallest absolute Gasteiger partial charge is 0.302 e. The molecule has 0 bridgehead atoms. The molecule has 1 aliphatic carbocycles. The van der Waals surface area contributed by atoms with Crippen molar-refractivity contribution in [3.05, 3.63) is 53.6 Å². The van der Waals surface area contributed by atoms with Crippen LogP contribution in [0.15, 0.2) is 47.4 Å². The molecule has 1 aliphatic rings. The van der Waals surface area contributed by atoms with Crippen LogP contribution in [0.3, 0.4) is 0 Å². The minimum absolute atomic E-state index is 0.0448. The van der Waals surface area contributed by atoms with Crippen LogP contribution in [0.2, 0.25) is 0 Å². The Labute approximate surface area is 176 Å². The van der Waals surface area contributed by atoms with Gasteiger partial charge in [0.15, 0.2) is 0 Å². The molecule has 0 radical (unpaired) electrons. The first-order valence-electron chi connectivity index (χ1n) is 10.2. The zero-order valence-electron chi connectivity index (χ0n) is 17.0. The Balaban J connectivity index is 1.88. The summed E-state index contributed by atoms with van der Waals surface area (Å²) < 4.78 is 30.3. The summed E-state index contributed by atoms with van der Waals surface area (Å²) in [5, 5.41) is 6.51. The van der Waals surface area contributed by atoms with Gasteiger partial charge in [0.05, 0.1) is 10.6 Å². The molecule has 0 amide bonds.